The lowest BCUT2D eigenvalue weighted by molar-refractivity contribution is 0.131. The number of aliphatic hydroxyl groups excluding tert-OH is 1. The Kier molecular flexibility index (Phi) is 5.29. The first-order chi connectivity index (χ1) is 7.69. The van der Waals surface area contributed by atoms with Crippen LogP contribution in [-0.4, -0.2) is 18.3 Å². The molecule has 1 unspecified atom stereocenters. The normalized spacial score (nSPS) is 12.5. The van der Waals surface area contributed by atoms with Gasteiger partial charge in [0.15, 0.2) is 0 Å². The van der Waals surface area contributed by atoms with Crippen LogP contribution in [0.2, 0.25) is 0 Å². The minimum absolute atomic E-state index is 0.462. The average Bonchev–Trinajstić information content (AvgIpc) is 2.27. The van der Waals surface area contributed by atoms with E-state index in [4.69, 9.17) is 9.47 Å². The van der Waals surface area contributed by atoms with Crippen LogP contribution in [0.3, 0.4) is 0 Å². The molecule has 0 fully saturated rings. The summed E-state index contributed by atoms with van der Waals surface area (Å²) >= 11 is 0. The van der Waals surface area contributed by atoms with E-state index >= 15 is 0 Å². The highest BCUT2D eigenvalue weighted by Crippen LogP contribution is 2.24. The molecule has 0 spiro atoms. The van der Waals surface area contributed by atoms with Crippen LogP contribution in [0.25, 0.3) is 0 Å². The molecule has 1 atom stereocenters. The molecule has 0 aliphatic carbocycles. The van der Waals surface area contributed by atoms with E-state index < -0.39 is 6.10 Å². The molecule has 3 nitrogen and oxygen atoms in total. The van der Waals surface area contributed by atoms with Crippen LogP contribution in [0.1, 0.15) is 38.0 Å². The molecule has 0 radical (unpaired) electrons. The number of ether oxygens (including phenoxy) is 2. The molecule has 0 aliphatic heterocycles. The van der Waals surface area contributed by atoms with E-state index in [1.54, 1.807) is 6.92 Å². The standard InChI is InChI=1S/C13H20O3/c1-4-15-9-12-8-11(10(3)14)6-7-13(12)16-5-2/h6-8,10,14H,4-5,9H2,1-3H3. The van der Waals surface area contributed by atoms with Gasteiger partial charge in [-0.3, -0.25) is 0 Å². The third-order valence-electron chi connectivity index (χ3n) is 2.33. The zero-order valence-electron chi connectivity index (χ0n) is 10.2. The molecular formula is C13H20O3. The van der Waals surface area contributed by atoms with Crippen molar-refractivity contribution in [2.75, 3.05) is 13.2 Å². The van der Waals surface area contributed by atoms with Gasteiger partial charge >= 0.3 is 0 Å². The molecule has 3 heteroatoms. The van der Waals surface area contributed by atoms with Gasteiger partial charge in [-0.05, 0) is 38.5 Å². The molecule has 0 saturated carbocycles. The van der Waals surface area contributed by atoms with Crippen molar-refractivity contribution in [2.24, 2.45) is 0 Å². The fourth-order valence-corrected chi connectivity index (χ4v) is 1.48. The maximum Gasteiger partial charge on any atom is 0.124 e. The predicted molar refractivity (Wildman–Crippen MR) is 63.6 cm³/mol. The smallest absolute Gasteiger partial charge is 0.124 e. The van der Waals surface area contributed by atoms with E-state index in [-0.39, 0.29) is 0 Å². The largest absolute Gasteiger partial charge is 0.494 e. The molecule has 0 heterocycles. The minimum Gasteiger partial charge on any atom is -0.494 e. The van der Waals surface area contributed by atoms with Crippen molar-refractivity contribution in [2.45, 2.75) is 33.5 Å². The third kappa shape index (κ3) is 3.51. The maximum absolute atomic E-state index is 9.51. The van der Waals surface area contributed by atoms with Gasteiger partial charge in [0.1, 0.15) is 5.75 Å². The Labute approximate surface area is 97.0 Å². The molecule has 16 heavy (non-hydrogen) atoms. The number of hydrogen-bond acceptors (Lipinski definition) is 3. The summed E-state index contributed by atoms with van der Waals surface area (Å²) in [5.74, 6) is 0.834. The van der Waals surface area contributed by atoms with Crippen molar-refractivity contribution in [3.63, 3.8) is 0 Å². The van der Waals surface area contributed by atoms with Gasteiger partial charge in [-0.25, -0.2) is 0 Å². The zero-order valence-corrected chi connectivity index (χ0v) is 10.2. The Balaban J connectivity index is 2.91. The minimum atomic E-state index is -0.462. The van der Waals surface area contributed by atoms with E-state index in [0.717, 1.165) is 16.9 Å². The second kappa shape index (κ2) is 6.51. The summed E-state index contributed by atoms with van der Waals surface area (Å²) in [6.45, 7) is 7.48. The molecule has 1 aromatic rings. The first kappa shape index (κ1) is 13.0. The highest BCUT2D eigenvalue weighted by molar-refractivity contribution is 5.37. The van der Waals surface area contributed by atoms with Crippen molar-refractivity contribution >= 4 is 0 Å². The second-order valence-electron chi connectivity index (χ2n) is 3.61. The monoisotopic (exact) mass is 224 g/mol. The first-order valence-corrected chi connectivity index (χ1v) is 5.70. The summed E-state index contributed by atoms with van der Waals surface area (Å²) in [7, 11) is 0. The summed E-state index contributed by atoms with van der Waals surface area (Å²) < 4.78 is 10.9. The first-order valence-electron chi connectivity index (χ1n) is 5.70. The lowest BCUT2D eigenvalue weighted by Crippen LogP contribution is -2.01. The van der Waals surface area contributed by atoms with E-state index in [1.165, 1.54) is 0 Å². The quantitative estimate of drug-likeness (QED) is 0.807. The molecule has 1 aromatic carbocycles. The molecule has 0 aliphatic rings. The highest BCUT2D eigenvalue weighted by Gasteiger charge is 2.08. The molecule has 0 saturated heterocycles. The van der Waals surface area contributed by atoms with Crippen LogP contribution in [0, 0.1) is 0 Å². The summed E-state index contributed by atoms with van der Waals surface area (Å²) in [6, 6.07) is 5.70. The highest BCUT2D eigenvalue weighted by atomic mass is 16.5. The van der Waals surface area contributed by atoms with Gasteiger partial charge in [0.25, 0.3) is 0 Å². The maximum atomic E-state index is 9.51. The fourth-order valence-electron chi connectivity index (χ4n) is 1.48. The van der Waals surface area contributed by atoms with Crippen molar-refractivity contribution in [1.29, 1.82) is 0 Å². The van der Waals surface area contributed by atoms with Gasteiger partial charge in [-0.15, -0.1) is 0 Å². The van der Waals surface area contributed by atoms with E-state index in [9.17, 15) is 5.11 Å². The number of benzene rings is 1. The Morgan fingerprint density at radius 1 is 1.25 bits per heavy atom. The topological polar surface area (TPSA) is 38.7 Å². The van der Waals surface area contributed by atoms with Gasteiger partial charge in [-0.2, -0.15) is 0 Å². The predicted octanol–water partition coefficient (Wildman–Crippen LogP) is 2.68. The molecule has 1 N–H and O–H groups in total. The van der Waals surface area contributed by atoms with Gasteiger partial charge in [0.2, 0.25) is 0 Å². The molecule has 0 aromatic heterocycles. The SMILES string of the molecule is CCOCc1cc(C(C)O)ccc1OCC. The summed E-state index contributed by atoms with van der Waals surface area (Å²) in [5.41, 5.74) is 1.88. The molecule has 0 bridgehead atoms. The molecule has 90 valence electrons. The lowest BCUT2D eigenvalue weighted by atomic mass is 10.1. The Bertz CT molecular complexity index is 321. The third-order valence-corrected chi connectivity index (χ3v) is 2.33. The summed E-state index contributed by atoms with van der Waals surface area (Å²) in [5, 5.41) is 9.51. The zero-order chi connectivity index (χ0) is 12.0. The van der Waals surface area contributed by atoms with E-state index in [2.05, 4.69) is 0 Å². The van der Waals surface area contributed by atoms with E-state index in [0.29, 0.717) is 19.8 Å². The van der Waals surface area contributed by atoms with Crippen LogP contribution in [-0.2, 0) is 11.3 Å². The van der Waals surface area contributed by atoms with Gasteiger partial charge in [0.05, 0.1) is 19.3 Å². The lowest BCUT2D eigenvalue weighted by Gasteiger charge is -2.13. The average molecular weight is 224 g/mol. The second-order valence-corrected chi connectivity index (χ2v) is 3.61. The Hall–Kier alpha value is -1.06. The van der Waals surface area contributed by atoms with Crippen LogP contribution in [0.5, 0.6) is 5.75 Å². The van der Waals surface area contributed by atoms with Crippen molar-refractivity contribution < 1.29 is 14.6 Å². The molecule has 1 rings (SSSR count). The van der Waals surface area contributed by atoms with Gasteiger partial charge in [-0.1, -0.05) is 6.07 Å². The summed E-state index contributed by atoms with van der Waals surface area (Å²) in [6.07, 6.45) is -0.462. The Morgan fingerprint density at radius 2 is 2.00 bits per heavy atom. The fraction of sp³-hybridized carbons (Fsp3) is 0.538. The van der Waals surface area contributed by atoms with Crippen molar-refractivity contribution in [3.05, 3.63) is 29.3 Å². The van der Waals surface area contributed by atoms with Crippen molar-refractivity contribution in [3.8, 4) is 5.75 Å². The molecule has 0 amide bonds. The van der Waals surface area contributed by atoms with Gasteiger partial charge in [0, 0.05) is 12.2 Å². The van der Waals surface area contributed by atoms with Crippen LogP contribution >= 0.6 is 0 Å². The van der Waals surface area contributed by atoms with Crippen LogP contribution < -0.4 is 4.74 Å². The number of rotatable bonds is 6. The van der Waals surface area contributed by atoms with E-state index in [1.807, 2.05) is 32.0 Å². The van der Waals surface area contributed by atoms with Crippen LogP contribution in [0.15, 0.2) is 18.2 Å². The van der Waals surface area contributed by atoms with Gasteiger partial charge < -0.3 is 14.6 Å². The number of aliphatic hydroxyl groups is 1. The van der Waals surface area contributed by atoms with Crippen molar-refractivity contribution in [1.82, 2.24) is 0 Å². The molecular weight excluding hydrogens is 204 g/mol. The van der Waals surface area contributed by atoms with Crippen LogP contribution in [0.4, 0.5) is 0 Å². The Morgan fingerprint density at radius 3 is 2.56 bits per heavy atom. The number of hydrogen-bond donors (Lipinski definition) is 1. The summed E-state index contributed by atoms with van der Waals surface area (Å²) in [4.78, 5) is 0.